The van der Waals surface area contributed by atoms with Crippen LogP contribution < -0.4 is 15.0 Å². The Morgan fingerprint density at radius 2 is 2.40 bits per heavy atom. The molecule has 2 unspecified atom stereocenters. The lowest BCUT2D eigenvalue weighted by atomic mass is 9.91. The van der Waals surface area contributed by atoms with Crippen LogP contribution >= 0.6 is 0 Å². The summed E-state index contributed by atoms with van der Waals surface area (Å²) in [7, 11) is 2.04. The number of hydrogen-bond acceptors (Lipinski definition) is 4. The van der Waals surface area contributed by atoms with Crippen LogP contribution in [0, 0.1) is 5.92 Å². The third-order valence-electron chi connectivity index (χ3n) is 4.13. The molecule has 0 bridgehead atoms. The molecule has 1 aromatic rings. The van der Waals surface area contributed by atoms with Gasteiger partial charge < -0.3 is 15.0 Å². The van der Waals surface area contributed by atoms with Gasteiger partial charge in [-0.1, -0.05) is 6.92 Å². The third kappa shape index (κ3) is 3.63. The second kappa shape index (κ2) is 7.48. The summed E-state index contributed by atoms with van der Waals surface area (Å²) in [5.41, 5.74) is 0. The molecule has 112 valence electrons. The molecule has 4 heteroatoms. The van der Waals surface area contributed by atoms with Gasteiger partial charge in [0.05, 0.1) is 6.61 Å². The number of ether oxygens (including phenoxy) is 1. The molecule has 0 saturated carbocycles. The summed E-state index contributed by atoms with van der Waals surface area (Å²) >= 11 is 0. The zero-order chi connectivity index (χ0) is 14.4. The normalized spacial score (nSPS) is 20.8. The summed E-state index contributed by atoms with van der Waals surface area (Å²) in [6, 6.07) is 4.52. The van der Waals surface area contributed by atoms with Crippen molar-refractivity contribution >= 4 is 5.82 Å². The van der Waals surface area contributed by atoms with Gasteiger partial charge in [-0.25, -0.2) is 4.98 Å². The number of piperidine rings is 1. The van der Waals surface area contributed by atoms with E-state index in [0.29, 0.717) is 12.0 Å². The second-order valence-electron chi connectivity index (χ2n) is 5.60. The Bertz CT molecular complexity index is 410. The van der Waals surface area contributed by atoms with E-state index in [1.54, 1.807) is 0 Å². The summed E-state index contributed by atoms with van der Waals surface area (Å²) in [5.74, 6) is 2.61. The molecule has 0 radical (unpaired) electrons. The monoisotopic (exact) mass is 277 g/mol. The molecule has 1 aliphatic rings. The highest BCUT2D eigenvalue weighted by atomic mass is 16.5. The topological polar surface area (TPSA) is 37.4 Å². The predicted molar refractivity (Wildman–Crippen MR) is 83.5 cm³/mol. The zero-order valence-corrected chi connectivity index (χ0v) is 12.9. The SMILES string of the molecule is CCCOc1cccnc1N1CCCC(C(C)NC)C1. The minimum absolute atomic E-state index is 0.543. The molecule has 2 heterocycles. The summed E-state index contributed by atoms with van der Waals surface area (Å²) in [4.78, 5) is 6.94. The van der Waals surface area contributed by atoms with Crippen LogP contribution in [0.3, 0.4) is 0 Å². The van der Waals surface area contributed by atoms with Crippen molar-refractivity contribution < 1.29 is 4.74 Å². The van der Waals surface area contributed by atoms with Crippen LogP contribution in [0.2, 0.25) is 0 Å². The molecule has 2 rings (SSSR count). The molecule has 0 amide bonds. The lowest BCUT2D eigenvalue weighted by Crippen LogP contribution is -2.44. The van der Waals surface area contributed by atoms with Crippen LogP contribution in [-0.4, -0.2) is 37.8 Å². The average molecular weight is 277 g/mol. The van der Waals surface area contributed by atoms with E-state index in [1.165, 1.54) is 12.8 Å². The number of nitrogens with zero attached hydrogens (tertiary/aromatic N) is 2. The quantitative estimate of drug-likeness (QED) is 0.867. The lowest BCUT2D eigenvalue weighted by molar-refractivity contribution is 0.308. The average Bonchev–Trinajstić information content (AvgIpc) is 2.52. The number of pyridine rings is 1. The van der Waals surface area contributed by atoms with Gasteiger partial charge in [-0.05, 0) is 51.3 Å². The smallest absolute Gasteiger partial charge is 0.171 e. The van der Waals surface area contributed by atoms with E-state index in [1.807, 2.05) is 25.4 Å². The standard InChI is InChI=1S/C16H27N3O/c1-4-11-20-15-8-5-9-18-16(15)19-10-6-7-14(12-19)13(2)17-3/h5,8-9,13-14,17H,4,6-7,10-12H2,1-3H3. The van der Waals surface area contributed by atoms with Crippen LogP contribution in [0.25, 0.3) is 0 Å². The van der Waals surface area contributed by atoms with Crippen molar-refractivity contribution in [1.82, 2.24) is 10.3 Å². The highest BCUT2D eigenvalue weighted by Crippen LogP contribution is 2.30. The van der Waals surface area contributed by atoms with Crippen LogP contribution in [-0.2, 0) is 0 Å². The first-order chi connectivity index (χ1) is 9.76. The molecule has 0 aromatic carbocycles. The van der Waals surface area contributed by atoms with Gasteiger partial charge in [0.2, 0.25) is 0 Å². The van der Waals surface area contributed by atoms with E-state index in [0.717, 1.165) is 37.7 Å². The molecule has 1 saturated heterocycles. The fourth-order valence-electron chi connectivity index (χ4n) is 2.79. The lowest BCUT2D eigenvalue weighted by Gasteiger charge is -2.36. The fraction of sp³-hybridized carbons (Fsp3) is 0.688. The Hall–Kier alpha value is -1.29. The van der Waals surface area contributed by atoms with E-state index in [4.69, 9.17) is 4.74 Å². The van der Waals surface area contributed by atoms with Gasteiger partial charge in [0.15, 0.2) is 11.6 Å². The number of rotatable bonds is 6. The zero-order valence-electron chi connectivity index (χ0n) is 12.9. The van der Waals surface area contributed by atoms with Gasteiger partial charge in [0.1, 0.15) is 0 Å². The minimum Gasteiger partial charge on any atom is -0.490 e. The van der Waals surface area contributed by atoms with E-state index in [-0.39, 0.29) is 0 Å². The van der Waals surface area contributed by atoms with Crippen LogP contribution in [0.5, 0.6) is 5.75 Å². The molecule has 20 heavy (non-hydrogen) atoms. The molecule has 2 atom stereocenters. The number of nitrogens with one attached hydrogen (secondary N) is 1. The maximum atomic E-state index is 5.84. The van der Waals surface area contributed by atoms with Gasteiger partial charge in [0.25, 0.3) is 0 Å². The number of aromatic nitrogens is 1. The van der Waals surface area contributed by atoms with E-state index < -0.39 is 0 Å². The van der Waals surface area contributed by atoms with Gasteiger partial charge in [-0.2, -0.15) is 0 Å². The summed E-state index contributed by atoms with van der Waals surface area (Å²) in [6.45, 7) is 7.28. The van der Waals surface area contributed by atoms with Crippen molar-refractivity contribution in [1.29, 1.82) is 0 Å². The van der Waals surface area contributed by atoms with Gasteiger partial charge in [0, 0.05) is 25.3 Å². The number of hydrogen-bond donors (Lipinski definition) is 1. The van der Waals surface area contributed by atoms with E-state index in [2.05, 4.69) is 29.0 Å². The van der Waals surface area contributed by atoms with Crippen LogP contribution in [0.4, 0.5) is 5.82 Å². The van der Waals surface area contributed by atoms with Crippen LogP contribution in [0.15, 0.2) is 18.3 Å². The first-order valence-electron chi connectivity index (χ1n) is 7.76. The Kier molecular flexibility index (Phi) is 5.65. The number of anilines is 1. The van der Waals surface area contributed by atoms with Crippen molar-refractivity contribution in [3.05, 3.63) is 18.3 Å². The van der Waals surface area contributed by atoms with Crippen molar-refractivity contribution in [3.8, 4) is 5.75 Å². The highest BCUT2D eigenvalue weighted by molar-refractivity contribution is 5.52. The van der Waals surface area contributed by atoms with Crippen molar-refractivity contribution in [2.75, 3.05) is 31.6 Å². The van der Waals surface area contributed by atoms with E-state index in [9.17, 15) is 0 Å². The first-order valence-corrected chi connectivity index (χ1v) is 7.76. The van der Waals surface area contributed by atoms with E-state index >= 15 is 0 Å². The van der Waals surface area contributed by atoms with Crippen LogP contribution in [0.1, 0.15) is 33.1 Å². The molecular weight excluding hydrogens is 250 g/mol. The fourth-order valence-corrected chi connectivity index (χ4v) is 2.79. The highest BCUT2D eigenvalue weighted by Gasteiger charge is 2.26. The van der Waals surface area contributed by atoms with Crippen molar-refractivity contribution in [2.24, 2.45) is 5.92 Å². The Morgan fingerprint density at radius 3 is 3.15 bits per heavy atom. The molecule has 1 aliphatic heterocycles. The first kappa shape index (κ1) is 15.1. The second-order valence-corrected chi connectivity index (χ2v) is 5.60. The molecule has 0 spiro atoms. The molecule has 1 N–H and O–H groups in total. The third-order valence-corrected chi connectivity index (χ3v) is 4.13. The molecule has 1 aromatic heterocycles. The summed E-state index contributed by atoms with van der Waals surface area (Å²) in [5, 5.41) is 3.38. The Balaban J connectivity index is 2.10. The Morgan fingerprint density at radius 1 is 1.55 bits per heavy atom. The summed E-state index contributed by atoms with van der Waals surface area (Å²) in [6.07, 6.45) is 5.39. The van der Waals surface area contributed by atoms with Gasteiger partial charge in [-0.3, -0.25) is 0 Å². The Labute approximate surface area is 122 Å². The molecule has 0 aliphatic carbocycles. The van der Waals surface area contributed by atoms with Crippen molar-refractivity contribution in [3.63, 3.8) is 0 Å². The van der Waals surface area contributed by atoms with Gasteiger partial charge in [-0.15, -0.1) is 0 Å². The van der Waals surface area contributed by atoms with Crippen molar-refractivity contribution in [2.45, 2.75) is 39.2 Å². The molecular formula is C16H27N3O. The molecule has 4 nitrogen and oxygen atoms in total. The maximum absolute atomic E-state index is 5.84. The predicted octanol–water partition coefficient (Wildman–Crippen LogP) is 2.69. The van der Waals surface area contributed by atoms with Gasteiger partial charge >= 0.3 is 0 Å². The molecule has 1 fully saturated rings. The largest absolute Gasteiger partial charge is 0.490 e. The summed E-state index contributed by atoms with van der Waals surface area (Å²) < 4.78 is 5.84. The maximum Gasteiger partial charge on any atom is 0.171 e. The minimum atomic E-state index is 0.543.